The van der Waals surface area contributed by atoms with E-state index in [1.807, 2.05) is 30.3 Å². The largest absolute Gasteiger partial charge is 0.511 e. The average Bonchev–Trinajstić information content (AvgIpc) is 2.48. The molecule has 0 radical (unpaired) electrons. The normalized spacial score (nSPS) is 21.4. The monoisotopic (exact) mass is 290 g/mol. The standard InChI is InChI=1S/C17H22O4/c1-2-3-9-20-17-11-16(19)14(12-21-17)15(18)10-13-7-5-4-6-8-13/h4-8,17-18H,2-3,9-12H2,1H3/b15-14-. The molecule has 0 bridgehead atoms. The quantitative estimate of drug-likeness (QED) is 0.496. The van der Waals surface area contributed by atoms with Crippen LogP contribution in [0.2, 0.25) is 0 Å². The van der Waals surface area contributed by atoms with Crippen LogP contribution in [0.4, 0.5) is 0 Å². The lowest BCUT2D eigenvalue weighted by atomic mass is 10.0. The maximum absolute atomic E-state index is 12.1. The van der Waals surface area contributed by atoms with E-state index in [1.54, 1.807) is 0 Å². The van der Waals surface area contributed by atoms with Gasteiger partial charge < -0.3 is 14.6 Å². The van der Waals surface area contributed by atoms with Crippen LogP contribution in [-0.4, -0.2) is 30.4 Å². The Balaban J connectivity index is 1.92. The van der Waals surface area contributed by atoms with Crippen LogP contribution >= 0.6 is 0 Å². The lowest BCUT2D eigenvalue weighted by Crippen LogP contribution is -2.31. The van der Waals surface area contributed by atoms with Crippen LogP contribution in [-0.2, 0) is 20.7 Å². The molecule has 21 heavy (non-hydrogen) atoms. The smallest absolute Gasteiger partial charge is 0.169 e. The summed E-state index contributed by atoms with van der Waals surface area (Å²) in [6.45, 7) is 2.80. The molecule has 0 aliphatic carbocycles. The van der Waals surface area contributed by atoms with Crippen LogP contribution in [0.15, 0.2) is 41.7 Å². The van der Waals surface area contributed by atoms with E-state index in [9.17, 15) is 9.90 Å². The number of Topliss-reactive ketones (excluding diaryl/α,β-unsaturated/α-hetero) is 1. The number of hydrogen-bond donors (Lipinski definition) is 1. The van der Waals surface area contributed by atoms with E-state index >= 15 is 0 Å². The van der Waals surface area contributed by atoms with Crippen molar-refractivity contribution < 1.29 is 19.4 Å². The Morgan fingerprint density at radius 1 is 1.38 bits per heavy atom. The summed E-state index contributed by atoms with van der Waals surface area (Å²) in [5.74, 6) is 0.00869. The number of aliphatic hydroxyl groups is 1. The van der Waals surface area contributed by atoms with E-state index in [0.29, 0.717) is 18.6 Å². The van der Waals surface area contributed by atoms with Crippen molar-refractivity contribution in [3.8, 4) is 0 Å². The predicted molar refractivity (Wildman–Crippen MR) is 80.0 cm³/mol. The number of rotatable bonds is 6. The van der Waals surface area contributed by atoms with Gasteiger partial charge in [-0.05, 0) is 12.0 Å². The van der Waals surface area contributed by atoms with E-state index in [1.165, 1.54) is 0 Å². The lowest BCUT2D eigenvalue weighted by Gasteiger charge is -2.24. The highest BCUT2D eigenvalue weighted by molar-refractivity contribution is 5.96. The molecule has 4 nitrogen and oxygen atoms in total. The minimum absolute atomic E-state index is 0.0869. The molecule has 0 saturated carbocycles. The Labute approximate surface area is 125 Å². The van der Waals surface area contributed by atoms with Gasteiger partial charge in [0.15, 0.2) is 12.1 Å². The molecule has 114 valence electrons. The van der Waals surface area contributed by atoms with Crippen LogP contribution in [0.1, 0.15) is 31.7 Å². The fourth-order valence-electron chi connectivity index (χ4n) is 2.20. The summed E-state index contributed by atoms with van der Waals surface area (Å²) in [5, 5.41) is 10.1. The molecule has 1 aromatic rings. The lowest BCUT2D eigenvalue weighted by molar-refractivity contribution is -0.162. The van der Waals surface area contributed by atoms with Gasteiger partial charge in [-0.2, -0.15) is 0 Å². The molecule has 1 atom stereocenters. The summed E-state index contributed by atoms with van der Waals surface area (Å²) >= 11 is 0. The summed E-state index contributed by atoms with van der Waals surface area (Å²) < 4.78 is 11.0. The third-order valence-corrected chi connectivity index (χ3v) is 3.47. The SMILES string of the molecule is CCCCOC1CC(=O)/C(=C(\O)Cc2ccccc2)CO1. The number of benzene rings is 1. The zero-order valence-corrected chi connectivity index (χ0v) is 12.4. The molecule has 1 heterocycles. The van der Waals surface area contributed by atoms with Crippen LogP contribution in [0.3, 0.4) is 0 Å². The fourth-order valence-corrected chi connectivity index (χ4v) is 2.20. The Bertz CT molecular complexity index is 493. The molecule has 0 spiro atoms. The van der Waals surface area contributed by atoms with Gasteiger partial charge in [-0.3, -0.25) is 4.79 Å². The number of unbranched alkanes of at least 4 members (excludes halogenated alkanes) is 1. The topological polar surface area (TPSA) is 55.8 Å². The van der Waals surface area contributed by atoms with Crippen LogP contribution in [0.5, 0.6) is 0 Å². The van der Waals surface area contributed by atoms with Crippen molar-refractivity contribution in [2.45, 2.75) is 38.9 Å². The minimum atomic E-state index is -0.475. The summed E-state index contributed by atoms with van der Waals surface area (Å²) in [6, 6.07) is 9.57. The molecule has 4 heteroatoms. The predicted octanol–water partition coefficient (Wildman–Crippen LogP) is 3.17. The fraction of sp³-hybridized carbons (Fsp3) is 0.471. The van der Waals surface area contributed by atoms with Crippen molar-refractivity contribution in [2.75, 3.05) is 13.2 Å². The molecular formula is C17H22O4. The summed E-state index contributed by atoms with van der Waals surface area (Å²) in [4.78, 5) is 12.1. The Morgan fingerprint density at radius 3 is 2.81 bits per heavy atom. The second-order valence-corrected chi connectivity index (χ2v) is 5.18. The van der Waals surface area contributed by atoms with Crippen molar-refractivity contribution in [1.29, 1.82) is 0 Å². The third kappa shape index (κ3) is 4.69. The number of hydrogen-bond acceptors (Lipinski definition) is 4. The first-order valence-electron chi connectivity index (χ1n) is 7.42. The highest BCUT2D eigenvalue weighted by Gasteiger charge is 2.27. The van der Waals surface area contributed by atoms with Crippen molar-refractivity contribution in [3.63, 3.8) is 0 Å². The number of ether oxygens (including phenoxy) is 2. The molecule has 1 N–H and O–H groups in total. The molecule has 1 unspecified atom stereocenters. The van der Waals surface area contributed by atoms with Gasteiger partial charge in [0.05, 0.1) is 18.6 Å². The van der Waals surface area contributed by atoms with E-state index in [0.717, 1.165) is 18.4 Å². The Morgan fingerprint density at radius 2 is 2.14 bits per heavy atom. The molecule has 1 saturated heterocycles. The van der Waals surface area contributed by atoms with Gasteiger partial charge in [0.1, 0.15) is 5.76 Å². The molecule has 1 fully saturated rings. The first-order chi connectivity index (χ1) is 10.2. The summed E-state index contributed by atoms with van der Waals surface area (Å²) in [6.07, 6.45) is 2.06. The first kappa shape index (κ1) is 15.7. The molecule has 2 rings (SSSR count). The van der Waals surface area contributed by atoms with Crippen LogP contribution in [0.25, 0.3) is 0 Å². The Kier molecular flexibility index (Phi) is 5.96. The zero-order chi connectivity index (χ0) is 15.1. The highest BCUT2D eigenvalue weighted by Crippen LogP contribution is 2.20. The highest BCUT2D eigenvalue weighted by atomic mass is 16.7. The average molecular weight is 290 g/mol. The minimum Gasteiger partial charge on any atom is -0.511 e. The number of carbonyl (C=O) groups excluding carboxylic acids is 1. The number of ketones is 1. The van der Waals surface area contributed by atoms with Crippen LogP contribution in [0, 0.1) is 0 Å². The van der Waals surface area contributed by atoms with Gasteiger partial charge in [-0.15, -0.1) is 0 Å². The molecule has 1 aliphatic heterocycles. The molecule has 0 aromatic heterocycles. The summed E-state index contributed by atoms with van der Waals surface area (Å²) in [7, 11) is 0. The Hall–Kier alpha value is -1.65. The summed E-state index contributed by atoms with van der Waals surface area (Å²) in [5.41, 5.74) is 1.34. The van der Waals surface area contributed by atoms with Gasteiger partial charge >= 0.3 is 0 Å². The third-order valence-electron chi connectivity index (χ3n) is 3.47. The zero-order valence-electron chi connectivity index (χ0n) is 12.4. The maximum Gasteiger partial charge on any atom is 0.169 e. The van der Waals surface area contributed by atoms with E-state index in [4.69, 9.17) is 9.47 Å². The van der Waals surface area contributed by atoms with Gasteiger partial charge in [0.25, 0.3) is 0 Å². The van der Waals surface area contributed by atoms with Crippen molar-refractivity contribution >= 4 is 5.78 Å². The number of allylic oxidation sites excluding steroid dienone is 1. The van der Waals surface area contributed by atoms with Crippen molar-refractivity contribution in [1.82, 2.24) is 0 Å². The van der Waals surface area contributed by atoms with Gasteiger partial charge in [-0.1, -0.05) is 43.7 Å². The van der Waals surface area contributed by atoms with E-state index in [-0.39, 0.29) is 24.6 Å². The van der Waals surface area contributed by atoms with Crippen molar-refractivity contribution in [2.24, 2.45) is 0 Å². The van der Waals surface area contributed by atoms with Crippen molar-refractivity contribution in [3.05, 3.63) is 47.2 Å². The first-order valence-corrected chi connectivity index (χ1v) is 7.42. The molecular weight excluding hydrogens is 268 g/mol. The molecule has 1 aromatic carbocycles. The second kappa shape index (κ2) is 7.96. The van der Waals surface area contributed by atoms with E-state index < -0.39 is 6.29 Å². The van der Waals surface area contributed by atoms with Gasteiger partial charge in [0, 0.05) is 13.0 Å². The van der Waals surface area contributed by atoms with Gasteiger partial charge in [-0.25, -0.2) is 0 Å². The number of carbonyl (C=O) groups is 1. The van der Waals surface area contributed by atoms with Crippen LogP contribution < -0.4 is 0 Å². The van der Waals surface area contributed by atoms with E-state index in [2.05, 4.69) is 6.92 Å². The molecule has 1 aliphatic rings. The second-order valence-electron chi connectivity index (χ2n) is 5.18. The maximum atomic E-state index is 12.1. The number of aliphatic hydroxyl groups excluding tert-OH is 1. The molecule has 0 amide bonds. The van der Waals surface area contributed by atoms with Gasteiger partial charge in [0.2, 0.25) is 0 Å².